The summed E-state index contributed by atoms with van der Waals surface area (Å²) in [6, 6.07) is 7.76. The molecule has 2 heterocycles. The van der Waals surface area contributed by atoms with Gasteiger partial charge in [0, 0.05) is 32.0 Å². The average Bonchev–Trinajstić information content (AvgIpc) is 2.78. The Labute approximate surface area is 147 Å². The summed E-state index contributed by atoms with van der Waals surface area (Å²) in [5.41, 5.74) is 1.18. The third kappa shape index (κ3) is 4.98. The van der Waals surface area contributed by atoms with E-state index in [1.165, 1.54) is 17.7 Å². The van der Waals surface area contributed by atoms with Gasteiger partial charge in [0.2, 0.25) is 0 Å². The van der Waals surface area contributed by atoms with Gasteiger partial charge < -0.3 is 14.6 Å². The molecular formula is C19H23FN2O3. The van der Waals surface area contributed by atoms with Crippen LogP contribution in [0.2, 0.25) is 0 Å². The Morgan fingerprint density at radius 1 is 1.32 bits per heavy atom. The smallest absolute Gasteiger partial charge is 0.134 e. The second-order valence-electron chi connectivity index (χ2n) is 6.53. The summed E-state index contributed by atoms with van der Waals surface area (Å²) in [5.74, 6) is 0.207. The van der Waals surface area contributed by atoms with E-state index in [0.717, 1.165) is 18.7 Å². The molecule has 1 aromatic carbocycles. The maximum atomic E-state index is 13.0. The van der Waals surface area contributed by atoms with Gasteiger partial charge in [0.1, 0.15) is 23.8 Å². The Morgan fingerprint density at radius 2 is 2.12 bits per heavy atom. The molecule has 1 saturated heterocycles. The molecule has 1 fully saturated rings. The molecule has 2 aromatic rings. The predicted molar refractivity (Wildman–Crippen MR) is 91.9 cm³/mol. The second kappa shape index (κ2) is 7.91. The summed E-state index contributed by atoms with van der Waals surface area (Å²) in [5, 5.41) is 10.9. The van der Waals surface area contributed by atoms with Crippen molar-refractivity contribution in [1.29, 1.82) is 0 Å². The maximum Gasteiger partial charge on any atom is 0.134 e. The number of nitrogens with zero attached hydrogens (tertiary/aromatic N) is 2. The van der Waals surface area contributed by atoms with Gasteiger partial charge in [-0.2, -0.15) is 0 Å². The molecule has 3 rings (SSSR count). The molecule has 6 heteroatoms. The molecule has 0 unspecified atom stereocenters. The molecule has 0 aliphatic carbocycles. The van der Waals surface area contributed by atoms with Crippen LogP contribution in [0.5, 0.6) is 5.75 Å². The number of hydrogen-bond acceptors (Lipinski definition) is 5. The molecule has 0 spiro atoms. The Balaban J connectivity index is 1.63. The number of β-amino-alcohol motifs (C(OH)–C–C–N with tert-alkyl or cyclic N) is 1. The van der Waals surface area contributed by atoms with Crippen molar-refractivity contribution in [2.75, 3.05) is 32.9 Å². The van der Waals surface area contributed by atoms with E-state index in [0.29, 0.717) is 18.9 Å². The lowest BCUT2D eigenvalue weighted by molar-refractivity contribution is -0.0646. The topological polar surface area (TPSA) is 54.8 Å². The van der Waals surface area contributed by atoms with Gasteiger partial charge in [-0.3, -0.25) is 9.88 Å². The fourth-order valence-corrected chi connectivity index (χ4v) is 2.89. The zero-order chi connectivity index (χ0) is 17.7. The number of aromatic nitrogens is 1. The second-order valence-corrected chi connectivity index (χ2v) is 6.53. The molecular weight excluding hydrogens is 323 g/mol. The zero-order valence-electron chi connectivity index (χ0n) is 14.3. The summed E-state index contributed by atoms with van der Waals surface area (Å²) in [4.78, 5) is 6.27. The van der Waals surface area contributed by atoms with Crippen LogP contribution in [0, 0.1) is 12.7 Å². The van der Waals surface area contributed by atoms with Gasteiger partial charge in [0.05, 0.1) is 13.2 Å². The van der Waals surface area contributed by atoms with Crippen molar-refractivity contribution in [3.63, 3.8) is 0 Å². The van der Waals surface area contributed by atoms with Gasteiger partial charge in [0.15, 0.2) is 0 Å². The summed E-state index contributed by atoms with van der Waals surface area (Å²) in [6.45, 7) is 4.78. The number of halogens is 1. The Bertz CT molecular complexity index is 695. The Kier molecular flexibility index (Phi) is 5.63. The van der Waals surface area contributed by atoms with Crippen molar-refractivity contribution >= 4 is 0 Å². The molecule has 1 N–H and O–H groups in total. The van der Waals surface area contributed by atoms with Crippen molar-refractivity contribution < 1.29 is 19.0 Å². The summed E-state index contributed by atoms with van der Waals surface area (Å²) in [7, 11) is 0. The Morgan fingerprint density at radius 3 is 2.88 bits per heavy atom. The van der Waals surface area contributed by atoms with Crippen LogP contribution < -0.4 is 4.74 Å². The number of pyridine rings is 1. The highest BCUT2D eigenvalue weighted by Crippen LogP contribution is 2.19. The van der Waals surface area contributed by atoms with E-state index in [2.05, 4.69) is 9.88 Å². The molecule has 1 aliphatic rings. The number of ether oxygens (including phenoxy) is 2. The van der Waals surface area contributed by atoms with Crippen LogP contribution in [-0.4, -0.2) is 53.5 Å². The van der Waals surface area contributed by atoms with Crippen LogP contribution in [0.15, 0.2) is 42.7 Å². The third-order valence-corrected chi connectivity index (χ3v) is 4.29. The number of aryl methyl sites for hydroxylation is 1. The van der Waals surface area contributed by atoms with E-state index in [9.17, 15) is 9.50 Å². The van der Waals surface area contributed by atoms with Crippen LogP contribution in [-0.2, 0) is 11.3 Å². The maximum absolute atomic E-state index is 13.0. The normalized spacial score (nSPS) is 21.7. The van der Waals surface area contributed by atoms with Gasteiger partial charge in [-0.15, -0.1) is 0 Å². The van der Waals surface area contributed by atoms with Gasteiger partial charge in [-0.25, -0.2) is 4.39 Å². The molecule has 0 amide bonds. The first-order chi connectivity index (χ1) is 12.0. The van der Waals surface area contributed by atoms with Crippen molar-refractivity contribution in [2.45, 2.75) is 19.1 Å². The third-order valence-electron chi connectivity index (χ3n) is 4.29. The van der Waals surface area contributed by atoms with E-state index < -0.39 is 5.60 Å². The molecule has 5 nitrogen and oxygen atoms in total. The lowest BCUT2D eigenvalue weighted by Gasteiger charge is -2.30. The first kappa shape index (κ1) is 17.8. The Hall–Kier alpha value is -2.02. The first-order valence-corrected chi connectivity index (χ1v) is 8.34. The van der Waals surface area contributed by atoms with E-state index in [4.69, 9.17) is 9.47 Å². The standard InChI is InChI=1S/C19H23FN2O3/c1-15-10-21-7-6-16(15)11-22-8-9-24-13-19(23,12-22)14-25-18-4-2-17(20)3-5-18/h2-7,10,23H,8-9,11-14H2,1H3/t19-/m0/s1. The minimum atomic E-state index is -1.12. The molecule has 1 aliphatic heterocycles. The predicted octanol–water partition coefficient (Wildman–Crippen LogP) is 2.17. The van der Waals surface area contributed by atoms with Crippen LogP contribution in [0.3, 0.4) is 0 Å². The minimum absolute atomic E-state index is 0.0878. The van der Waals surface area contributed by atoms with Gasteiger partial charge in [-0.05, 0) is 48.4 Å². The van der Waals surface area contributed by atoms with Crippen molar-refractivity contribution in [3.05, 3.63) is 59.7 Å². The average molecular weight is 346 g/mol. The van der Waals surface area contributed by atoms with Crippen molar-refractivity contribution in [3.8, 4) is 5.75 Å². The first-order valence-electron chi connectivity index (χ1n) is 8.34. The molecule has 1 aromatic heterocycles. The highest BCUT2D eigenvalue weighted by molar-refractivity contribution is 5.23. The molecule has 0 bridgehead atoms. The molecule has 0 radical (unpaired) electrons. The van der Waals surface area contributed by atoms with Gasteiger partial charge in [-0.1, -0.05) is 0 Å². The van der Waals surface area contributed by atoms with E-state index >= 15 is 0 Å². The summed E-state index contributed by atoms with van der Waals surface area (Å²) >= 11 is 0. The lowest BCUT2D eigenvalue weighted by Crippen LogP contribution is -2.48. The van der Waals surface area contributed by atoms with E-state index in [1.54, 1.807) is 18.3 Å². The minimum Gasteiger partial charge on any atom is -0.490 e. The van der Waals surface area contributed by atoms with Gasteiger partial charge in [0.25, 0.3) is 0 Å². The fraction of sp³-hybridized carbons (Fsp3) is 0.421. The molecule has 134 valence electrons. The molecule has 0 saturated carbocycles. The lowest BCUT2D eigenvalue weighted by atomic mass is 10.1. The van der Waals surface area contributed by atoms with Gasteiger partial charge >= 0.3 is 0 Å². The zero-order valence-corrected chi connectivity index (χ0v) is 14.3. The largest absolute Gasteiger partial charge is 0.490 e. The number of benzene rings is 1. The van der Waals surface area contributed by atoms with E-state index in [-0.39, 0.29) is 19.0 Å². The SMILES string of the molecule is Cc1cnccc1CN1CCOC[C@](O)(COc2ccc(F)cc2)C1. The quantitative estimate of drug-likeness (QED) is 0.899. The monoisotopic (exact) mass is 346 g/mol. The van der Waals surface area contributed by atoms with Crippen LogP contribution in [0.1, 0.15) is 11.1 Å². The van der Waals surface area contributed by atoms with Crippen LogP contribution >= 0.6 is 0 Å². The fourth-order valence-electron chi connectivity index (χ4n) is 2.89. The number of hydrogen-bond donors (Lipinski definition) is 1. The number of rotatable bonds is 5. The van der Waals surface area contributed by atoms with Crippen LogP contribution in [0.25, 0.3) is 0 Å². The van der Waals surface area contributed by atoms with Crippen molar-refractivity contribution in [1.82, 2.24) is 9.88 Å². The van der Waals surface area contributed by atoms with Crippen LogP contribution in [0.4, 0.5) is 4.39 Å². The molecule has 25 heavy (non-hydrogen) atoms. The van der Waals surface area contributed by atoms with Crippen molar-refractivity contribution in [2.24, 2.45) is 0 Å². The summed E-state index contributed by atoms with van der Waals surface area (Å²) in [6.07, 6.45) is 3.62. The summed E-state index contributed by atoms with van der Waals surface area (Å²) < 4.78 is 24.2. The molecule has 1 atom stereocenters. The number of aliphatic hydroxyl groups is 1. The highest BCUT2D eigenvalue weighted by atomic mass is 19.1. The van der Waals surface area contributed by atoms with E-state index in [1.807, 2.05) is 19.2 Å². The highest BCUT2D eigenvalue weighted by Gasteiger charge is 2.33.